The molecule has 0 aliphatic rings. The van der Waals surface area contributed by atoms with E-state index in [0.717, 1.165) is 18.8 Å². The predicted octanol–water partition coefficient (Wildman–Crippen LogP) is 6.02. The molecule has 2 heteroatoms. The molecule has 0 heterocycles. The summed E-state index contributed by atoms with van der Waals surface area (Å²) in [5, 5.41) is 6.20. The fourth-order valence-electron chi connectivity index (χ4n) is 3.49. The van der Waals surface area contributed by atoms with Gasteiger partial charge in [0.1, 0.15) is 12.4 Å². The first-order valence-corrected chi connectivity index (χ1v) is 9.73. The van der Waals surface area contributed by atoms with Crippen molar-refractivity contribution in [3.8, 4) is 5.75 Å². The quantitative estimate of drug-likeness (QED) is 0.431. The van der Waals surface area contributed by atoms with Crippen LogP contribution in [0.5, 0.6) is 5.75 Å². The summed E-state index contributed by atoms with van der Waals surface area (Å²) >= 11 is 0. The van der Waals surface area contributed by atoms with Crippen molar-refractivity contribution in [1.29, 1.82) is 0 Å². The molecular weight excluding hydrogens is 342 g/mol. The number of ether oxygens (including phenoxy) is 1. The summed E-state index contributed by atoms with van der Waals surface area (Å²) in [6, 6.07) is 31.6. The lowest BCUT2D eigenvalue weighted by Crippen LogP contribution is -2.13. The van der Waals surface area contributed by atoms with E-state index in [1.54, 1.807) is 0 Å². The maximum Gasteiger partial charge on any atom is 0.120 e. The molecule has 2 nitrogen and oxygen atoms in total. The number of hydrogen-bond acceptors (Lipinski definition) is 2. The lowest BCUT2D eigenvalue weighted by Gasteiger charge is -2.12. The van der Waals surface area contributed by atoms with Gasteiger partial charge < -0.3 is 10.1 Å². The van der Waals surface area contributed by atoms with Gasteiger partial charge in [0, 0.05) is 13.1 Å². The van der Waals surface area contributed by atoms with Crippen molar-refractivity contribution < 1.29 is 4.74 Å². The Kier molecular flexibility index (Phi) is 5.69. The molecular formula is C26H25NO. The molecule has 0 unspecified atom stereocenters. The zero-order valence-corrected chi connectivity index (χ0v) is 16.2. The van der Waals surface area contributed by atoms with E-state index in [1.165, 1.54) is 33.0 Å². The van der Waals surface area contributed by atoms with E-state index >= 15 is 0 Å². The Hall–Kier alpha value is -3.10. The van der Waals surface area contributed by atoms with E-state index in [0.29, 0.717) is 6.61 Å². The highest BCUT2D eigenvalue weighted by atomic mass is 16.5. The van der Waals surface area contributed by atoms with Crippen molar-refractivity contribution >= 4 is 10.8 Å². The topological polar surface area (TPSA) is 21.3 Å². The van der Waals surface area contributed by atoms with Crippen molar-refractivity contribution in [2.24, 2.45) is 0 Å². The third-order valence-corrected chi connectivity index (χ3v) is 5.10. The summed E-state index contributed by atoms with van der Waals surface area (Å²) in [7, 11) is 0. The van der Waals surface area contributed by atoms with Gasteiger partial charge in [0.15, 0.2) is 0 Å². The second-order valence-corrected chi connectivity index (χ2v) is 7.10. The first-order chi connectivity index (χ1) is 13.8. The van der Waals surface area contributed by atoms with Crippen LogP contribution in [0, 0.1) is 6.92 Å². The Morgan fingerprint density at radius 2 is 1.50 bits per heavy atom. The van der Waals surface area contributed by atoms with Gasteiger partial charge in [-0.2, -0.15) is 0 Å². The third-order valence-electron chi connectivity index (χ3n) is 5.10. The van der Waals surface area contributed by atoms with Crippen LogP contribution < -0.4 is 10.1 Å². The molecule has 0 aliphatic carbocycles. The molecule has 0 spiro atoms. The number of rotatable bonds is 7. The van der Waals surface area contributed by atoms with Crippen molar-refractivity contribution in [2.45, 2.75) is 26.6 Å². The monoisotopic (exact) mass is 367 g/mol. The predicted molar refractivity (Wildman–Crippen MR) is 116 cm³/mol. The van der Waals surface area contributed by atoms with Gasteiger partial charge in [-0.1, -0.05) is 78.9 Å². The molecule has 0 amide bonds. The second-order valence-electron chi connectivity index (χ2n) is 7.10. The molecule has 140 valence electrons. The number of aryl methyl sites for hydroxylation is 1. The van der Waals surface area contributed by atoms with Gasteiger partial charge in [-0.25, -0.2) is 0 Å². The molecule has 1 N–H and O–H groups in total. The average molecular weight is 367 g/mol. The Balaban J connectivity index is 1.36. The molecule has 0 fully saturated rings. The van der Waals surface area contributed by atoms with Gasteiger partial charge in [-0.15, -0.1) is 0 Å². The Morgan fingerprint density at radius 1 is 0.714 bits per heavy atom. The molecule has 0 bridgehead atoms. The van der Waals surface area contributed by atoms with E-state index in [4.69, 9.17) is 4.74 Å². The Labute approximate surface area is 166 Å². The van der Waals surface area contributed by atoms with Crippen LogP contribution in [0.25, 0.3) is 10.8 Å². The maximum atomic E-state index is 5.94. The fraction of sp³-hybridized carbons (Fsp3) is 0.154. The van der Waals surface area contributed by atoms with Gasteiger partial charge in [-0.3, -0.25) is 0 Å². The molecule has 0 radical (unpaired) electrons. The van der Waals surface area contributed by atoms with Crippen molar-refractivity contribution in [3.63, 3.8) is 0 Å². The fourth-order valence-corrected chi connectivity index (χ4v) is 3.49. The normalized spacial score (nSPS) is 10.9. The zero-order valence-electron chi connectivity index (χ0n) is 16.2. The van der Waals surface area contributed by atoms with Gasteiger partial charge in [0.05, 0.1) is 0 Å². The highest BCUT2D eigenvalue weighted by Gasteiger charge is 2.04. The minimum atomic E-state index is 0.591. The maximum absolute atomic E-state index is 5.94. The van der Waals surface area contributed by atoms with E-state index < -0.39 is 0 Å². The minimum Gasteiger partial charge on any atom is -0.489 e. The molecule has 4 aromatic rings. The van der Waals surface area contributed by atoms with E-state index in [-0.39, 0.29) is 0 Å². The summed E-state index contributed by atoms with van der Waals surface area (Å²) in [6.45, 7) is 4.46. The van der Waals surface area contributed by atoms with Gasteiger partial charge in [0.2, 0.25) is 0 Å². The first kappa shape index (κ1) is 18.3. The smallest absolute Gasteiger partial charge is 0.120 e. The average Bonchev–Trinajstić information content (AvgIpc) is 2.75. The molecule has 0 saturated heterocycles. The minimum absolute atomic E-state index is 0.591. The van der Waals surface area contributed by atoms with Crippen molar-refractivity contribution in [2.75, 3.05) is 0 Å². The van der Waals surface area contributed by atoms with E-state index in [9.17, 15) is 0 Å². The molecule has 4 aromatic carbocycles. The van der Waals surface area contributed by atoms with Crippen molar-refractivity contribution in [1.82, 2.24) is 5.32 Å². The molecule has 4 rings (SSSR count). The Morgan fingerprint density at radius 3 is 2.39 bits per heavy atom. The molecule has 0 aromatic heterocycles. The van der Waals surface area contributed by atoms with Crippen LogP contribution in [0.1, 0.15) is 22.3 Å². The van der Waals surface area contributed by atoms with Crippen LogP contribution in [-0.2, 0) is 19.7 Å². The largest absolute Gasteiger partial charge is 0.489 e. The number of nitrogens with one attached hydrogen (secondary N) is 1. The van der Waals surface area contributed by atoms with Gasteiger partial charge in [0.25, 0.3) is 0 Å². The number of fused-ring (bicyclic) bond motifs is 1. The van der Waals surface area contributed by atoms with Crippen LogP contribution in [0.15, 0.2) is 91.0 Å². The summed E-state index contributed by atoms with van der Waals surface area (Å²) in [5.41, 5.74) is 5.10. The zero-order chi connectivity index (χ0) is 19.2. The van der Waals surface area contributed by atoms with E-state index in [1.807, 2.05) is 24.3 Å². The van der Waals surface area contributed by atoms with Crippen LogP contribution in [0.2, 0.25) is 0 Å². The lowest BCUT2D eigenvalue weighted by molar-refractivity contribution is 0.306. The summed E-state index contributed by atoms with van der Waals surface area (Å²) in [5.74, 6) is 0.907. The summed E-state index contributed by atoms with van der Waals surface area (Å²) in [6.07, 6.45) is 0. The standard InChI is InChI=1S/C26H25NO/c1-20-24(15-14-23-11-5-6-13-26(20)23)18-27-17-22-10-7-12-25(16-22)28-19-21-8-3-2-4-9-21/h2-16,27H,17-19H2,1H3. The highest BCUT2D eigenvalue weighted by molar-refractivity contribution is 5.86. The van der Waals surface area contributed by atoms with E-state index in [2.05, 4.69) is 79.0 Å². The van der Waals surface area contributed by atoms with Crippen LogP contribution in [0.3, 0.4) is 0 Å². The molecule has 28 heavy (non-hydrogen) atoms. The molecule has 0 atom stereocenters. The number of benzene rings is 4. The molecule has 0 saturated carbocycles. The Bertz CT molecular complexity index is 1060. The number of hydrogen-bond donors (Lipinski definition) is 1. The van der Waals surface area contributed by atoms with Crippen LogP contribution in [-0.4, -0.2) is 0 Å². The summed E-state index contributed by atoms with van der Waals surface area (Å²) in [4.78, 5) is 0. The SMILES string of the molecule is Cc1c(CNCc2cccc(OCc3ccccc3)c2)ccc2ccccc12. The van der Waals surface area contributed by atoms with Gasteiger partial charge in [-0.05, 0) is 52.1 Å². The van der Waals surface area contributed by atoms with Crippen LogP contribution >= 0.6 is 0 Å². The first-order valence-electron chi connectivity index (χ1n) is 9.73. The highest BCUT2D eigenvalue weighted by Crippen LogP contribution is 2.22. The molecule has 0 aliphatic heterocycles. The second kappa shape index (κ2) is 8.73. The van der Waals surface area contributed by atoms with Gasteiger partial charge >= 0.3 is 0 Å². The third kappa shape index (κ3) is 4.41. The van der Waals surface area contributed by atoms with Crippen LogP contribution in [0.4, 0.5) is 0 Å². The van der Waals surface area contributed by atoms with Crippen molar-refractivity contribution in [3.05, 3.63) is 113 Å². The lowest BCUT2D eigenvalue weighted by atomic mass is 10.00. The summed E-state index contributed by atoms with van der Waals surface area (Å²) < 4.78 is 5.94.